The minimum atomic E-state index is 0. The summed E-state index contributed by atoms with van der Waals surface area (Å²) in [6.45, 7) is 3.92. The van der Waals surface area contributed by atoms with E-state index in [0.29, 0.717) is 24.7 Å². The van der Waals surface area contributed by atoms with E-state index in [-0.39, 0.29) is 36.8 Å². The molecule has 6 nitrogen and oxygen atoms in total. The van der Waals surface area contributed by atoms with Crippen LogP contribution in [-0.4, -0.2) is 60.3 Å². The maximum atomic E-state index is 12.9. The molecule has 1 aromatic rings. The first kappa shape index (κ1) is 23.4. The molecule has 28 heavy (non-hydrogen) atoms. The van der Waals surface area contributed by atoms with Gasteiger partial charge in [-0.05, 0) is 43.7 Å². The number of amides is 1. The van der Waals surface area contributed by atoms with Crippen LogP contribution in [0.4, 0.5) is 0 Å². The van der Waals surface area contributed by atoms with Gasteiger partial charge in [0.25, 0.3) is 0 Å². The Hall–Kier alpha value is -0.920. The molecule has 1 aromatic heterocycles. The van der Waals surface area contributed by atoms with Gasteiger partial charge in [0.2, 0.25) is 5.91 Å². The van der Waals surface area contributed by atoms with Gasteiger partial charge in [-0.15, -0.1) is 24.8 Å². The Bertz CT molecular complexity index is 600. The highest BCUT2D eigenvalue weighted by Gasteiger charge is 2.38. The summed E-state index contributed by atoms with van der Waals surface area (Å²) in [7, 11) is 0. The Balaban J connectivity index is 0.00000140. The molecule has 0 spiro atoms. The summed E-state index contributed by atoms with van der Waals surface area (Å²) in [5.74, 6) is 0.486. The third-order valence-corrected chi connectivity index (χ3v) is 5.94. The van der Waals surface area contributed by atoms with E-state index in [1.165, 1.54) is 0 Å². The van der Waals surface area contributed by atoms with Gasteiger partial charge in [-0.1, -0.05) is 6.07 Å². The van der Waals surface area contributed by atoms with E-state index in [4.69, 9.17) is 9.47 Å². The molecule has 1 N–H and O–H groups in total. The fourth-order valence-electron chi connectivity index (χ4n) is 4.43. The molecule has 3 fully saturated rings. The Kier molecular flexibility index (Phi) is 9.44. The minimum Gasteiger partial charge on any atom is -0.375 e. The second-order valence-corrected chi connectivity index (χ2v) is 7.68. The number of carbonyl (C=O) groups is 1. The number of ether oxygens (including phenoxy) is 2. The SMILES string of the molecule is Cl.Cl.O=C([C@H]1CC[C@H]2OCCN[C@@H]2C1)N1CCC(OCc2cccnc2)CC1. The quantitative estimate of drug-likeness (QED) is 0.793. The molecule has 0 bridgehead atoms. The maximum absolute atomic E-state index is 12.9. The van der Waals surface area contributed by atoms with Crippen LogP contribution in [-0.2, 0) is 20.9 Å². The zero-order chi connectivity index (χ0) is 17.8. The number of rotatable bonds is 4. The van der Waals surface area contributed by atoms with Crippen molar-refractivity contribution >= 4 is 30.7 Å². The summed E-state index contributed by atoms with van der Waals surface area (Å²) in [4.78, 5) is 19.1. The van der Waals surface area contributed by atoms with Gasteiger partial charge >= 0.3 is 0 Å². The lowest BCUT2D eigenvalue weighted by atomic mass is 9.82. The molecule has 0 unspecified atom stereocenters. The molecule has 4 rings (SSSR count). The van der Waals surface area contributed by atoms with E-state index in [2.05, 4.69) is 15.2 Å². The maximum Gasteiger partial charge on any atom is 0.225 e. The van der Waals surface area contributed by atoms with E-state index in [9.17, 15) is 4.79 Å². The highest BCUT2D eigenvalue weighted by Crippen LogP contribution is 2.30. The number of nitrogens with zero attached hydrogens (tertiary/aromatic N) is 2. The summed E-state index contributed by atoms with van der Waals surface area (Å²) >= 11 is 0. The fourth-order valence-corrected chi connectivity index (χ4v) is 4.43. The number of piperidine rings is 1. The third kappa shape index (κ3) is 5.80. The summed E-state index contributed by atoms with van der Waals surface area (Å²) in [5, 5.41) is 3.53. The average Bonchev–Trinajstić information content (AvgIpc) is 2.72. The van der Waals surface area contributed by atoms with Gasteiger partial charge in [0, 0.05) is 44.0 Å². The number of morpholine rings is 1. The standard InChI is InChI=1S/C20H29N3O3.2ClH/c24-20(16-3-4-19-18(12-16)22-8-11-25-19)23-9-5-17(6-10-23)26-14-15-2-1-7-21-13-15;;/h1-2,7,13,16-19,22H,3-6,8-12,14H2;2*1H/t16-,18+,19+;;/m0../s1. The molecule has 1 aliphatic carbocycles. The van der Waals surface area contributed by atoms with Crippen molar-refractivity contribution in [1.29, 1.82) is 0 Å². The molecule has 158 valence electrons. The molecule has 3 atom stereocenters. The van der Waals surface area contributed by atoms with Gasteiger partial charge in [0.15, 0.2) is 0 Å². The van der Waals surface area contributed by atoms with Crippen molar-refractivity contribution in [3.05, 3.63) is 30.1 Å². The number of fused-ring (bicyclic) bond motifs is 1. The number of pyridine rings is 1. The molecule has 0 aromatic carbocycles. The van der Waals surface area contributed by atoms with Crippen LogP contribution in [0.5, 0.6) is 0 Å². The largest absolute Gasteiger partial charge is 0.375 e. The average molecular weight is 432 g/mol. The monoisotopic (exact) mass is 431 g/mol. The number of halogens is 2. The van der Waals surface area contributed by atoms with Crippen molar-refractivity contribution in [1.82, 2.24) is 15.2 Å². The number of hydrogen-bond acceptors (Lipinski definition) is 5. The number of carbonyl (C=O) groups excluding carboxylic acids is 1. The van der Waals surface area contributed by atoms with Crippen molar-refractivity contribution in [2.75, 3.05) is 26.2 Å². The highest BCUT2D eigenvalue weighted by atomic mass is 35.5. The molecule has 2 aliphatic heterocycles. The highest BCUT2D eigenvalue weighted by molar-refractivity contribution is 5.85. The van der Waals surface area contributed by atoms with Crippen molar-refractivity contribution in [3.8, 4) is 0 Å². The fraction of sp³-hybridized carbons (Fsp3) is 0.700. The first-order valence-corrected chi connectivity index (χ1v) is 9.94. The summed E-state index contributed by atoms with van der Waals surface area (Å²) in [6, 6.07) is 4.32. The van der Waals surface area contributed by atoms with Crippen LogP contribution in [0.3, 0.4) is 0 Å². The molecule has 1 amide bonds. The lowest BCUT2D eigenvalue weighted by Gasteiger charge is -2.41. The Labute approximate surface area is 179 Å². The number of nitrogens with one attached hydrogen (secondary N) is 1. The lowest BCUT2D eigenvalue weighted by Crippen LogP contribution is -2.54. The van der Waals surface area contributed by atoms with Crippen molar-refractivity contribution < 1.29 is 14.3 Å². The van der Waals surface area contributed by atoms with Gasteiger partial charge in [-0.2, -0.15) is 0 Å². The van der Waals surface area contributed by atoms with Crippen LogP contribution in [0.2, 0.25) is 0 Å². The number of aromatic nitrogens is 1. The number of likely N-dealkylation sites (tertiary alicyclic amines) is 1. The normalized spacial score (nSPS) is 27.9. The first-order valence-electron chi connectivity index (χ1n) is 9.94. The van der Waals surface area contributed by atoms with Gasteiger partial charge in [-0.3, -0.25) is 9.78 Å². The van der Waals surface area contributed by atoms with E-state index in [1.54, 1.807) is 6.20 Å². The first-order chi connectivity index (χ1) is 12.8. The Morgan fingerprint density at radius 2 is 2.07 bits per heavy atom. The van der Waals surface area contributed by atoms with E-state index in [0.717, 1.165) is 63.9 Å². The molecular weight excluding hydrogens is 401 g/mol. The molecule has 3 aliphatic rings. The molecule has 2 saturated heterocycles. The van der Waals surface area contributed by atoms with Crippen LogP contribution < -0.4 is 5.32 Å². The van der Waals surface area contributed by atoms with Gasteiger partial charge in [0.1, 0.15) is 0 Å². The van der Waals surface area contributed by atoms with Crippen molar-refractivity contribution in [2.45, 2.75) is 57.0 Å². The Morgan fingerprint density at radius 3 is 2.82 bits per heavy atom. The summed E-state index contributed by atoms with van der Waals surface area (Å²) in [6.07, 6.45) is 8.88. The van der Waals surface area contributed by atoms with Crippen LogP contribution in [0.15, 0.2) is 24.5 Å². The van der Waals surface area contributed by atoms with Crippen LogP contribution in [0, 0.1) is 5.92 Å². The predicted molar refractivity (Wildman–Crippen MR) is 112 cm³/mol. The third-order valence-electron chi connectivity index (χ3n) is 5.94. The van der Waals surface area contributed by atoms with Gasteiger partial charge in [0.05, 0.1) is 25.4 Å². The lowest BCUT2D eigenvalue weighted by molar-refractivity contribution is -0.141. The Morgan fingerprint density at radius 1 is 1.25 bits per heavy atom. The van der Waals surface area contributed by atoms with Crippen LogP contribution in [0.1, 0.15) is 37.7 Å². The molecule has 0 radical (unpaired) electrons. The van der Waals surface area contributed by atoms with Crippen molar-refractivity contribution in [3.63, 3.8) is 0 Å². The van der Waals surface area contributed by atoms with Crippen LogP contribution >= 0.6 is 24.8 Å². The van der Waals surface area contributed by atoms with Gasteiger partial charge in [-0.25, -0.2) is 0 Å². The van der Waals surface area contributed by atoms with E-state index >= 15 is 0 Å². The van der Waals surface area contributed by atoms with E-state index in [1.807, 2.05) is 18.3 Å². The number of hydrogen-bond donors (Lipinski definition) is 1. The molecule has 3 heterocycles. The second kappa shape index (κ2) is 11.3. The minimum absolute atomic E-state index is 0. The van der Waals surface area contributed by atoms with Crippen molar-refractivity contribution in [2.24, 2.45) is 5.92 Å². The predicted octanol–water partition coefficient (Wildman–Crippen LogP) is 2.59. The summed E-state index contributed by atoms with van der Waals surface area (Å²) in [5.41, 5.74) is 1.10. The van der Waals surface area contributed by atoms with Crippen LogP contribution in [0.25, 0.3) is 0 Å². The smallest absolute Gasteiger partial charge is 0.225 e. The zero-order valence-corrected chi connectivity index (χ0v) is 17.8. The second-order valence-electron chi connectivity index (χ2n) is 7.68. The van der Waals surface area contributed by atoms with E-state index < -0.39 is 0 Å². The topological polar surface area (TPSA) is 63.7 Å². The molecular formula is C20H31Cl2N3O3. The summed E-state index contributed by atoms with van der Waals surface area (Å²) < 4.78 is 11.8. The van der Waals surface area contributed by atoms with Gasteiger partial charge < -0.3 is 19.7 Å². The molecule has 8 heteroatoms. The zero-order valence-electron chi connectivity index (χ0n) is 16.1. The molecule has 1 saturated carbocycles.